The Morgan fingerprint density at radius 1 is 1.40 bits per heavy atom. The average molecular weight is 278 g/mol. The third kappa shape index (κ3) is 3.00. The van der Waals surface area contributed by atoms with Crippen LogP contribution in [0.15, 0.2) is 12.4 Å². The van der Waals surface area contributed by atoms with Crippen LogP contribution in [0.3, 0.4) is 0 Å². The molecule has 2 atom stereocenters. The maximum atomic E-state index is 12.3. The zero-order valence-corrected chi connectivity index (χ0v) is 12.3. The van der Waals surface area contributed by atoms with Crippen molar-refractivity contribution in [2.75, 3.05) is 6.54 Å². The Morgan fingerprint density at radius 3 is 2.75 bits per heavy atom. The van der Waals surface area contributed by atoms with Gasteiger partial charge in [-0.2, -0.15) is 5.10 Å². The van der Waals surface area contributed by atoms with Crippen LogP contribution in [0.25, 0.3) is 0 Å². The van der Waals surface area contributed by atoms with Crippen molar-refractivity contribution in [2.24, 2.45) is 7.05 Å². The first-order valence-corrected chi connectivity index (χ1v) is 7.11. The number of hydrogen-bond donors (Lipinski definition) is 1. The molecule has 110 valence electrons. The van der Waals surface area contributed by atoms with Crippen LogP contribution in [-0.2, 0) is 23.1 Å². The third-order valence-corrected chi connectivity index (χ3v) is 3.65. The van der Waals surface area contributed by atoms with E-state index >= 15 is 0 Å². The molecule has 2 amide bonds. The van der Waals surface area contributed by atoms with Crippen LogP contribution in [-0.4, -0.2) is 45.1 Å². The van der Waals surface area contributed by atoms with Crippen molar-refractivity contribution >= 4 is 11.8 Å². The van der Waals surface area contributed by atoms with Gasteiger partial charge in [-0.05, 0) is 25.3 Å². The lowest BCUT2D eigenvalue weighted by atomic mass is 10.0. The van der Waals surface area contributed by atoms with Gasteiger partial charge in [0.1, 0.15) is 12.1 Å². The molecule has 2 heterocycles. The van der Waals surface area contributed by atoms with Gasteiger partial charge in [-0.1, -0.05) is 13.3 Å². The smallest absolute Gasteiger partial charge is 0.245 e. The van der Waals surface area contributed by atoms with Crippen molar-refractivity contribution in [3.8, 4) is 0 Å². The van der Waals surface area contributed by atoms with Crippen LogP contribution in [0, 0.1) is 0 Å². The van der Waals surface area contributed by atoms with Gasteiger partial charge in [0.05, 0.1) is 6.20 Å². The second kappa shape index (κ2) is 6.07. The molecule has 1 N–H and O–H groups in total. The lowest BCUT2D eigenvalue weighted by Gasteiger charge is -2.38. The first-order chi connectivity index (χ1) is 9.52. The van der Waals surface area contributed by atoms with E-state index in [1.54, 1.807) is 22.7 Å². The van der Waals surface area contributed by atoms with Crippen molar-refractivity contribution in [1.82, 2.24) is 20.0 Å². The maximum absolute atomic E-state index is 12.3. The monoisotopic (exact) mass is 278 g/mol. The van der Waals surface area contributed by atoms with Crippen molar-refractivity contribution < 1.29 is 9.59 Å². The van der Waals surface area contributed by atoms with Crippen LogP contribution in [0.5, 0.6) is 0 Å². The molecular formula is C14H22N4O2. The molecule has 6 nitrogen and oxygen atoms in total. The van der Waals surface area contributed by atoms with Crippen molar-refractivity contribution in [1.29, 1.82) is 0 Å². The summed E-state index contributed by atoms with van der Waals surface area (Å²) in [7, 11) is 1.87. The van der Waals surface area contributed by atoms with Crippen LogP contribution in [0.2, 0.25) is 0 Å². The van der Waals surface area contributed by atoms with E-state index in [-0.39, 0.29) is 17.9 Å². The van der Waals surface area contributed by atoms with Gasteiger partial charge in [0.2, 0.25) is 11.8 Å². The van der Waals surface area contributed by atoms with Gasteiger partial charge in [0, 0.05) is 19.8 Å². The summed E-state index contributed by atoms with van der Waals surface area (Å²) in [5.41, 5.74) is 1.08. The van der Waals surface area contributed by atoms with Crippen LogP contribution in [0.4, 0.5) is 0 Å². The van der Waals surface area contributed by atoms with Crippen molar-refractivity contribution in [3.63, 3.8) is 0 Å². The normalized spacial score (nSPS) is 23.1. The molecule has 1 aliphatic rings. The zero-order chi connectivity index (χ0) is 14.7. The van der Waals surface area contributed by atoms with Crippen LogP contribution >= 0.6 is 0 Å². The Balaban J connectivity index is 2.07. The molecule has 0 saturated carbocycles. The van der Waals surface area contributed by atoms with Gasteiger partial charge >= 0.3 is 0 Å². The average Bonchev–Trinajstić information content (AvgIpc) is 2.81. The number of carbonyl (C=O) groups is 2. The minimum atomic E-state index is -0.426. The molecule has 1 saturated heterocycles. The summed E-state index contributed by atoms with van der Waals surface area (Å²) in [6, 6.07) is -0.759. The summed E-state index contributed by atoms with van der Waals surface area (Å²) >= 11 is 0. The summed E-state index contributed by atoms with van der Waals surface area (Å²) in [5.74, 6) is -0.0305. The topological polar surface area (TPSA) is 67.2 Å². The number of aryl methyl sites for hydroxylation is 1. The quantitative estimate of drug-likeness (QED) is 0.852. The van der Waals surface area contributed by atoms with Crippen LogP contribution in [0.1, 0.15) is 32.3 Å². The summed E-state index contributed by atoms with van der Waals surface area (Å²) in [6.45, 7) is 4.32. The third-order valence-electron chi connectivity index (χ3n) is 3.65. The molecule has 20 heavy (non-hydrogen) atoms. The van der Waals surface area contributed by atoms with E-state index in [0.29, 0.717) is 13.0 Å². The molecule has 6 heteroatoms. The lowest BCUT2D eigenvalue weighted by molar-refractivity contribution is -0.149. The number of hydrogen-bond acceptors (Lipinski definition) is 3. The van der Waals surface area contributed by atoms with E-state index in [2.05, 4.69) is 10.4 Å². The highest BCUT2D eigenvalue weighted by molar-refractivity contribution is 5.96. The first-order valence-electron chi connectivity index (χ1n) is 7.11. The number of nitrogens with zero attached hydrogens (tertiary/aromatic N) is 3. The Labute approximate surface area is 119 Å². The molecule has 2 unspecified atom stereocenters. The molecule has 0 aromatic carbocycles. The molecule has 0 aliphatic carbocycles. The second-order valence-corrected chi connectivity index (χ2v) is 5.34. The van der Waals surface area contributed by atoms with Crippen LogP contribution < -0.4 is 5.32 Å². The molecule has 1 aliphatic heterocycles. The summed E-state index contributed by atoms with van der Waals surface area (Å²) < 4.78 is 1.74. The van der Waals surface area contributed by atoms with Gasteiger partial charge in [0.25, 0.3) is 0 Å². The number of piperazine rings is 1. The number of rotatable bonds is 5. The molecule has 0 radical (unpaired) electrons. The van der Waals surface area contributed by atoms with E-state index in [1.807, 2.05) is 20.2 Å². The standard InChI is InChI=1S/C14H22N4O2/c1-4-5-12-13(19)16-10(2)14(20)18(12)7-6-11-8-15-17(3)9-11/h8-10,12H,4-7H2,1-3H3,(H,16,19). The summed E-state index contributed by atoms with van der Waals surface area (Å²) in [5, 5.41) is 6.87. The summed E-state index contributed by atoms with van der Waals surface area (Å²) in [4.78, 5) is 26.0. The zero-order valence-electron chi connectivity index (χ0n) is 12.3. The van der Waals surface area contributed by atoms with Crippen molar-refractivity contribution in [3.05, 3.63) is 18.0 Å². The Hall–Kier alpha value is -1.85. The Bertz CT molecular complexity index is 497. The van der Waals surface area contributed by atoms with Crippen molar-refractivity contribution in [2.45, 2.75) is 45.2 Å². The fraction of sp³-hybridized carbons (Fsp3) is 0.643. The highest BCUT2D eigenvalue weighted by Gasteiger charge is 2.37. The predicted molar refractivity (Wildman–Crippen MR) is 74.9 cm³/mol. The van der Waals surface area contributed by atoms with E-state index in [0.717, 1.165) is 18.4 Å². The molecular weight excluding hydrogens is 256 g/mol. The SMILES string of the molecule is CCCC1C(=O)NC(C)C(=O)N1CCc1cnn(C)c1. The predicted octanol–water partition coefficient (Wildman–Crippen LogP) is 0.478. The fourth-order valence-corrected chi connectivity index (χ4v) is 2.59. The highest BCUT2D eigenvalue weighted by Crippen LogP contribution is 2.15. The maximum Gasteiger partial charge on any atom is 0.245 e. The molecule has 1 aromatic heterocycles. The number of aromatic nitrogens is 2. The molecule has 1 fully saturated rings. The molecule has 0 bridgehead atoms. The Morgan fingerprint density at radius 2 is 2.15 bits per heavy atom. The van der Waals surface area contributed by atoms with E-state index in [4.69, 9.17) is 0 Å². The first kappa shape index (κ1) is 14.6. The van der Waals surface area contributed by atoms with E-state index in [1.165, 1.54) is 0 Å². The van der Waals surface area contributed by atoms with Gasteiger partial charge in [-0.15, -0.1) is 0 Å². The number of carbonyl (C=O) groups excluding carboxylic acids is 2. The van der Waals surface area contributed by atoms with Gasteiger partial charge in [-0.25, -0.2) is 0 Å². The lowest BCUT2D eigenvalue weighted by Crippen LogP contribution is -2.62. The van der Waals surface area contributed by atoms with E-state index < -0.39 is 6.04 Å². The number of amides is 2. The highest BCUT2D eigenvalue weighted by atomic mass is 16.2. The molecule has 0 spiro atoms. The van der Waals surface area contributed by atoms with Gasteiger partial charge in [-0.3, -0.25) is 14.3 Å². The summed E-state index contributed by atoms with van der Waals surface area (Å²) in [6.07, 6.45) is 6.04. The van der Waals surface area contributed by atoms with E-state index in [9.17, 15) is 9.59 Å². The van der Waals surface area contributed by atoms with Gasteiger partial charge < -0.3 is 10.2 Å². The van der Waals surface area contributed by atoms with Gasteiger partial charge in [0.15, 0.2) is 0 Å². The minimum absolute atomic E-state index is 0.00643. The fourth-order valence-electron chi connectivity index (χ4n) is 2.59. The largest absolute Gasteiger partial charge is 0.343 e. The molecule has 2 rings (SSSR count). The minimum Gasteiger partial charge on any atom is -0.343 e. The molecule has 1 aromatic rings. The second-order valence-electron chi connectivity index (χ2n) is 5.34. The number of nitrogens with one attached hydrogen (secondary N) is 1. The Kier molecular flexibility index (Phi) is 4.42.